The Labute approximate surface area is 106 Å². The molecule has 0 radical (unpaired) electrons. The highest BCUT2D eigenvalue weighted by molar-refractivity contribution is 9.11. The second-order valence-corrected chi connectivity index (χ2v) is 5.35. The molecule has 1 aromatic heterocycles. The standard InChI is InChI=1S/C10H12Br2N2O/c1-7-6-15-3-2-14(7)10-9(12)4-8(11)5-13-10/h4-5,7H,2-3,6H2,1H3. The van der Waals surface area contributed by atoms with Gasteiger partial charge < -0.3 is 9.64 Å². The fourth-order valence-electron chi connectivity index (χ4n) is 1.66. The van der Waals surface area contributed by atoms with E-state index in [0.29, 0.717) is 6.04 Å². The predicted molar refractivity (Wildman–Crippen MR) is 67.3 cm³/mol. The fraction of sp³-hybridized carbons (Fsp3) is 0.500. The van der Waals surface area contributed by atoms with Crippen LogP contribution in [0.2, 0.25) is 0 Å². The molecule has 1 fully saturated rings. The molecule has 1 aliphatic heterocycles. The Hall–Kier alpha value is -0.130. The Bertz CT molecular complexity index is 359. The summed E-state index contributed by atoms with van der Waals surface area (Å²) in [5.41, 5.74) is 0. The van der Waals surface area contributed by atoms with Gasteiger partial charge in [0, 0.05) is 17.2 Å². The molecule has 1 aromatic rings. The molecule has 0 N–H and O–H groups in total. The SMILES string of the molecule is CC1COCCN1c1ncc(Br)cc1Br. The summed E-state index contributed by atoms with van der Waals surface area (Å²) in [7, 11) is 0. The Morgan fingerprint density at radius 3 is 3.00 bits per heavy atom. The molecule has 1 atom stereocenters. The average molecular weight is 336 g/mol. The van der Waals surface area contributed by atoms with Crippen LogP contribution >= 0.6 is 31.9 Å². The first kappa shape index (κ1) is 11.4. The van der Waals surface area contributed by atoms with Gasteiger partial charge in [0.2, 0.25) is 0 Å². The van der Waals surface area contributed by atoms with Crippen LogP contribution in [0.5, 0.6) is 0 Å². The van der Waals surface area contributed by atoms with E-state index in [1.165, 1.54) is 0 Å². The minimum Gasteiger partial charge on any atom is -0.377 e. The van der Waals surface area contributed by atoms with Crippen LogP contribution in [0.15, 0.2) is 21.2 Å². The zero-order chi connectivity index (χ0) is 10.8. The molecule has 82 valence electrons. The fourth-order valence-corrected chi connectivity index (χ4v) is 2.88. The van der Waals surface area contributed by atoms with Gasteiger partial charge in [-0.15, -0.1) is 0 Å². The Morgan fingerprint density at radius 2 is 2.33 bits per heavy atom. The highest BCUT2D eigenvalue weighted by atomic mass is 79.9. The second-order valence-electron chi connectivity index (χ2n) is 3.58. The van der Waals surface area contributed by atoms with E-state index in [1.54, 1.807) is 0 Å². The highest BCUT2D eigenvalue weighted by Crippen LogP contribution is 2.28. The van der Waals surface area contributed by atoms with Crippen LogP contribution in [0.1, 0.15) is 6.92 Å². The molecule has 2 heterocycles. The molecule has 5 heteroatoms. The lowest BCUT2D eigenvalue weighted by Crippen LogP contribution is -2.44. The van der Waals surface area contributed by atoms with E-state index in [4.69, 9.17) is 4.74 Å². The van der Waals surface area contributed by atoms with Crippen molar-refractivity contribution in [3.05, 3.63) is 21.2 Å². The first-order valence-electron chi connectivity index (χ1n) is 4.84. The largest absolute Gasteiger partial charge is 0.377 e. The maximum Gasteiger partial charge on any atom is 0.143 e. The van der Waals surface area contributed by atoms with Crippen molar-refractivity contribution < 1.29 is 4.74 Å². The van der Waals surface area contributed by atoms with Gasteiger partial charge >= 0.3 is 0 Å². The first-order valence-corrected chi connectivity index (χ1v) is 6.42. The smallest absolute Gasteiger partial charge is 0.143 e. The number of hydrogen-bond acceptors (Lipinski definition) is 3. The number of pyridine rings is 1. The summed E-state index contributed by atoms with van der Waals surface area (Å²) in [6, 6.07) is 2.40. The third kappa shape index (κ3) is 2.52. The molecule has 0 saturated carbocycles. The summed E-state index contributed by atoms with van der Waals surface area (Å²) >= 11 is 6.93. The molecule has 0 amide bonds. The van der Waals surface area contributed by atoms with Crippen LogP contribution in [0.25, 0.3) is 0 Å². The van der Waals surface area contributed by atoms with E-state index in [-0.39, 0.29) is 0 Å². The second kappa shape index (κ2) is 4.80. The number of ether oxygens (including phenoxy) is 1. The van der Waals surface area contributed by atoms with Crippen molar-refractivity contribution >= 4 is 37.7 Å². The summed E-state index contributed by atoms with van der Waals surface area (Å²) in [5, 5.41) is 0. The first-order chi connectivity index (χ1) is 7.18. The topological polar surface area (TPSA) is 25.4 Å². The molecule has 2 rings (SSSR count). The maximum atomic E-state index is 5.40. The van der Waals surface area contributed by atoms with Gasteiger partial charge in [0.15, 0.2) is 0 Å². The van der Waals surface area contributed by atoms with Gasteiger partial charge in [-0.1, -0.05) is 0 Å². The monoisotopic (exact) mass is 334 g/mol. The lowest BCUT2D eigenvalue weighted by Gasteiger charge is -2.34. The zero-order valence-corrected chi connectivity index (χ0v) is 11.6. The highest BCUT2D eigenvalue weighted by Gasteiger charge is 2.21. The van der Waals surface area contributed by atoms with Crippen molar-refractivity contribution in [2.24, 2.45) is 0 Å². The van der Waals surface area contributed by atoms with Crippen molar-refractivity contribution in [3.63, 3.8) is 0 Å². The Kier molecular flexibility index (Phi) is 3.64. The summed E-state index contributed by atoms with van der Waals surface area (Å²) in [5.74, 6) is 0.994. The average Bonchev–Trinajstić information content (AvgIpc) is 2.20. The number of halogens is 2. The number of morpholine rings is 1. The minimum atomic E-state index is 0.378. The Morgan fingerprint density at radius 1 is 1.53 bits per heavy atom. The van der Waals surface area contributed by atoms with E-state index in [9.17, 15) is 0 Å². The maximum absolute atomic E-state index is 5.40. The van der Waals surface area contributed by atoms with Gasteiger partial charge in [-0.3, -0.25) is 0 Å². The van der Waals surface area contributed by atoms with E-state index >= 15 is 0 Å². The van der Waals surface area contributed by atoms with E-state index in [2.05, 4.69) is 48.7 Å². The molecular formula is C10H12Br2N2O. The summed E-state index contributed by atoms with van der Waals surface area (Å²) in [6.45, 7) is 4.59. The van der Waals surface area contributed by atoms with Crippen LogP contribution < -0.4 is 4.90 Å². The lowest BCUT2D eigenvalue weighted by atomic mass is 10.2. The third-order valence-corrected chi connectivity index (χ3v) is 3.45. The van der Waals surface area contributed by atoms with Crippen molar-refractivity contribution in [2.45, 2.75) is 13.0 Å². The summed E-state index contributed by atoms with van der Waals surface area (Å²) in [4.78, 5) is 6.69. The number of hydrogen-bond donors (Lipinski definition) is 0. The van der Waals surface area contributed by atoms with Crippen molar-refractivity contribution in [1.82, 2.24) is 4.98 Å². The summed E-state index contributed by atoms with van der Waals surface area (Å²) < 4.78 is 7.41. The number of rotatable bonds is 1. The number of aromatic nitrogens is 1. The van der Waals surface area contributed by atoms with Crippen molar-refractivity contribution in [3.8, 4) is 0 Å². The van der Waals surface area contributed by atoms with Gasteiger partial charge in [0.1, 0.15) is 5.82 Å². The molecule has 15 heavy (non-hydrogen) atoms. The van der Waals surface area contributed by atoms with Crippen molar-refractivity contribution in [2.75, 3.05) is 24.7 Å². The third-order valence-electron chi connectivity index (χ3n) is 2.43. The summed E-state index contributed by atoms with van der Waals surface area (Å²) in [6.07, 6.45) is 1.82. The lowest BCUT2D eigenvalue weighted by molar-refractivity contribution is 0.0984. The Balaban J connectivity index is 2.27. The van der Waals surface area contributed by atoms with Crippen molar-refractivity contribution in [1.29, 1.82) is 0 Å². The zero-order valence-electron chi connectivity index (χ0n) is 8.41. The molecular weight excluding hydrogens is 324 g/mol. The molecule has 0 bridgehead atoms. The molecule has 0 spiro atoms. The van der Waals surface area contributed by atoms with Gasteiger partial charge in [-0.2, -0.15) is 0 Å². The number of anilines is 1. The van der Waals surface area contributed by atoms with Gasteiger partial charge in [0.25, 0.3) is 0 Å². The molecule has 0 aromatic carbocycles. The van der Waals surface area contributed by atoms with Crippen LogP contribution in [0, 0.1) is 0 Å². The molecule has 3 nitrogen and oxygen atoms in total. The van der Waals surface area contributed by atoms with Crippen LogP contribution in [-0.4, -0.2) is 30.8 Å². The minimum absolute atomic E-state index is 0.378. The molecule has 1 saturated heterocycles. The van der Waals surface area contributed by atoms with Crippen LogP contribution in [0.4, 0.5) is 5.82 Å². The van der Waals surface area contributed by atoms with Crippen LogP contribution in [-0.2, 0) is 4.74 Å². The van der Waals surface area contributed by atoms with E-state index in [1.807, 2.05) is 12.3 Å². The van der Waals surface area contributed by atoms with Gasteiger partial charge in [0.05, 0.1) is 23.7 Å². The molecule has 0 aliphatic carbocycles. The van der Waals surface area contributed by atoms with Gasteiger partial charge in [-0.25, -0.2) is 4.98 Å². The quantitative estimate of drug-likeness (QED) is 0.789. The van der Waals surface area contributed by atoms with E-state index < -0.39 is 0 Å². The van der Waals surface area contributed by atoms with Crippen LogP contribution in [0.3, 0.4) is 0 Å². The predicted octanol–water partition coefficient (Wildman–Crippen LogP) is 2.83. The normalized spacial score (nSPS) is 21.8. The molecule has 1 unspecified atom stereocenters. The molecule has 1 aliphatic rings. The van der Waals surface area contributed by atoms with Gasteiger partial charge in [-0.05, 0) is 44.8 Å². The van der Waals surface area contributed by atoms with E-state index in [0.717, 1.165) is 34.5 Å². The number of nitrogens with zero attached hydrogens (tertiary/aromatic N) is 2.